The van der Waals surface area contributed by atoms with Crippen molar-refractivity contribution in [3.05, 3.63) is 0 Å². The van der Waals surface area contributed by atoms with E-state index < -0.39 is 23.8 Å². The summed E-state index contributed by atoms with van der Waals surface area (Å²) < 4.78 is 4.80. The van der Waals surface area contributed by atoms with Gasteiger partial charge in [0.25, 0.3) is 0 Å². The van der Waals surface area contributed by atoms with Gasteiger partial charge in [0.1, 0.15) is 6.04 Å². The van der Waals surface area contributed by atoms with Gasteiger partial charge in [-0.05, 0) is 26.0 Å². The number of amides is 1. The topological polar surface area (TPSA) is 66.8 Å². The van der Waals surface area contributed by atoms with Crippen LogP contribution < -0.4 is 0 Å². The number of ether oxygens (including phenoxy) is 1. The Morgan fingerprint density at radius 2 is 1.83 bits per heavy atom. The van der Waals surface area contributed by atoms with E-state index in [2.05, 4.69) is 12.6 Å². The molecule has 1 aliphatic heterocycles. The number of hydrogen-bond acceptors (Lipinski definition) is 4. The van der Waals surface area contributed by atoms with Gasteiger partial charge in [-0.3, -0.25) is 4.90 Å². The molecule has 1 fully saturated rings. The second-order valence-electron chi connectivity index (χ2n) is 3.76. The molecule has 1 saturated heterocycles. The molecule has 0 radical (unpaired) electrons. The molecule has 1 amide bonds. The van der Waals surface area contributed by atoms with E-state index in [0.717, 1.165) is 5.75 Å². The highest BCUT2D eigenvalue weighted by atomic mass is 32.1. The van der Waals surface area contributed by atoms with Crippen LogP contribution in [0.2, 0.25) is 0 Å². The van der Waals surface area contributed by atoms with Crippen LogP contribution in [0.25, 0.3) is 0 Å². The fourth-order valence-corrected chi connectivity index (χ4v) is 1.46. The van der Waals surface area contributed by atoms with E-state index in [1.807, 2.05) is 20.8 Å². The smallest absolute Gasteiger partial charge is 0.415 e. The standard InChI is InChI=1S/C8H13NO4.C2H6S.C2H6/c1-4-5(6(10)11)9-7(12)13-8(9,2)3;1-2-3;1-2/h5H,4H2,1-3H3,(H,10,11);3H,2H2,1H3;1-2H3. The second-order valence-corrected chi connectivity index (χ2v) is 4.40. The summed E-state index contributed by atoms with van der Waals surface area (Å²) in [4.78, 5) is 23.0. The molecular weight excluding hydrogens is 254 g/mol. The predicted molar refractivity (Wildman–Crippen MR) is 75.0 cm³/mol. The lowest BCUT2D eigenvalue weighted by Gasteiger charge is -2.48. The molecule has 1 heterocycles. The van der Waals surface area contributed by atoms with Gasteiger partial charge in [0, 0.05) is 0 Å². The Balaban J connectivity index is 0. The number of carboxylic acid groups (broad SMARTS) is 1. The third-order valence-corrected chi connectivity index (χ3v) is 2.10. The molecule has 5 nitrogen and oxygen atoms in total. The zero-order valence-corrected chi connectivity index (χ0v) is 13.0. The Morgan fingerprint density at radius 3 is 1.94 bits per heavy atom. The summed E-state index contributed by atoms with van der Waals surface area (Å²) >= 11 is 3.79. The van der Waals surface area contributed by atoms with Crippen LogP contribution >= 0.6 is 12.6 Å². The van der Waals surface area contributed by atoms with Crippen LogP contribution in [0.3, 0.4) is 0 Å². The van der Waals surface area contributed by atoms with Crippen molar-refractivity contribution >= 4 is 24.7 Å². The zero-order valence-electron chi connectivity index (χ0n) is 12.1. The molecule has 0 aliphatic carbocycles. The summed E-state index contributed by atoms with van der Waals surface area (Å²) in [5.41, 5.74) is -0.782. The van der Waals surface area contributed by atoms with E-state index in [9.17, 15) is 9.59 Å². The third kappa shape index (κ3) is 5.16. The third-order valence-electron chi connectivity index (χ3n) is 2.10. The van der Waals surface area contributed by atoms with E-state index in [1.165, 1.54) is 4.90 Å². The Kier molecular flexibility index (Phi) is 9.80. The highest BCUT2D eigenvalue weighted by Crippen LogP contribution is 2.31. The van der Waals surface area contributed by atoms with E-state index in [4.69, 9.17) is 9.84 Å². The molecule has 1 aliphatic rings. The average Bonchev–Trinajstić information content (AvgIpc) is 2.28. The molecule has 108 valence electrons. The predicted octanol–water partition coefficient (Wildman–Crippen LogP) is 3.00. The lowest BCUT2D eigenvalue weighted by Crippen LogP contribution is -2.67. The molecule has 1 N–H and O–H groups in total. The number of thiol groups is 1. The quantitative estimate of drug-likeness (QED) is 0.779. The number of carboxylic acids is 1. The van der Waals surface area contributed by atoms with Gasteiger partial charge in [-0.2, -0.15) is 12.6 Å². The Labute approximate surface area is 115 Å². The van der Waals surface area contributed by atoms with E-state index >= 15 is 0 Å². The molecule has 1 rings (SSSR count). The highest BCUT2D eigenvalue weighted by Gasteiger charge is 2.51. The summed E-state index contributed by atoms with van der Waals surface area (Å²) in [6.07, 6.45) is -0.173. The maximum atomic E-state index is 11.0. The van der Waals surface area contributed by atoms with Crippen LogP contribution in [0.1, 0.15) is 48.0 Å². The van der Waals surface area contributed by atoms with Crippen LogP contribution in [-0.4, -0.2) is 39.6 Å². The molecule has 0 bridgehead atoms. The first-order valence-corrected chi connectivity index (χ1v) is 6.81. The highest BCUT2D eigenvalue weighted by molar-refractivity contribution is 7.80. The number of carbonyl (C=O) groups is 2. The van der Waals surface area contributed by atoms with Crippen molar-refractivity contribution in [1.29, 1.82) is 0 Å². The van der Waals surface area contributed by atoms with Crippen molar-refractivity contribution in [1.82, 2.24) is 4.90 Å². The summed E-state index contributed by atoms with van der Waals surface area (Å²) in [5, 5.41) is 8.81. The van der Waals surface area contributed by atoms with Crippen molar-refractivity contribution < 1.29 is 19.4 Å². The summed E-state index contributed by atoms with van der Waals surface area (Å²) in [6.45, 7) is 11.0. The summed E-state index contributed by atoms with van der Waals surface area (Å²) in [7, 11) is 0. The summed E-state index contributed by atoms with van der Waals surface area (Å²) in [5.74, 6) is -0.0489. The van der Waals surface area contributed by atoms with E-state index in [1.54, 1.807) is 20.8 Å². The Bertz CT molecular complexity index is 269. The van der Waals surface area contributed by atoms with Gasteiger partial charge in [-0.1, -0.05) is 27.7 Å². The van der Waals surface area contributed by atoms with Crippen LogP contribution in [0, 0.1) is 0 Å². The SMILES string of the molecule is CC.CCC(C(=O)O)N1C(=O)OC1(C)C.CCS. The molecule has 0 aromatic heterocycles. The largest absolute Gasteiger partial charge is 0.480 e. The number of cyclic esters (lactones) is 1. The van der Waals surface area contributed by atoms with Crippen molar-refractivity contribution in [2.24, 2.45) is 0 Å². The Morgan fingerprint density at radius 1 is 1.44 bits per heavy atom. The van der Waals surface area contributed by atoms with Crippen LogP contribution in [0.15, 0.2) is 0 Å². The minimum absolute atomic E-state index is 0.383. The number of nitrogens with zero attached hydrogens (tertiary/aromatic N) is 1. The molecule has 1 unspecified atom stereocenters. The monoisotopic (exact) mass is 279 g/mol. The van der Waals surface area contributed by atoms with Gasteiger partial charge in [0.2, 0.25) is 0 Å². The molecule has 1 atom stereocenters. The molecule has 0 spiro atoms. The lowest BCUT2D eigenvalue weighted by atomic mass is 10.1. The summed E-state index contributed by atoms with van der Waals surface area (Å²) in [6, 6.07) is -0.781. The first kappa shape index (κ1) is 19.4. The molecular formula is C12H25NO4S. The fraction of sp³-hybridized carbons (Fsp3) is 0.833. The minimum atomic E-state index is -0.993. The molecule has 0 aromatic rings. The van der Waals surface area contributed by atoms with Gasteiger partial charge >= 0.3 is 12.1 Å². The van der Waals surface area contributed by atoms with Gasteiger partial charge < -0.3 is 9.84 Å². The molecule has 0 aromatic carbocycles. The second kappa shape index (κ2) is 9.08. The molecule has 18 heavy (non-hydrogen) atoms. The van der Waals surface area contributed by atoms with Crippen molar-refractivity contribution in [2.45, 2.75) is 59.7 Å². The maximum Gasteiger partial charge on any atom is 0.415 e. The van der Waals surface area contributed by atoms with Gasteiger partial charge in [-0.15, -0.1) is 0 Å². The zero-order chi connectivity index (χ0) is 14.9. The number of hydrogen-bond donors (Lipinski definition) is 2. The fourth-order valence-electron chi connectivity index (χ4n) is 1.46. The van der Waals surface area contributed by atoms with Gasteiger partial charge in [-0.25, -0.2) is 9.59 Å². The van der Waals surface area contributed by atoms with Gasteiger partial charge in [0.15, 0.2) is 5.72 Å². The van der Waals surface area contributed by atoms with Crippen LogP contribution in [0.4, 0.5) is 4.79 Å². The first-order valence-electron chi connectivity index (χ1n) is 6.17. The molecule has 6 heteroatoms. The average molecular weight is 279 g/mol. The van der Waals surface area contributed by atoms with Crippen molar-refractivity contribution in [2.75, 3.05) is 5.75 Å². The number of rotatable bonds is 3. The van der Waals surface area contributed by atoms with Gasteiger partial charge in [0.05, 0.1) is 0 Å². The first-order chi connectivity index (χ1) is 8.31. The van der Waals surface area contributed by atoms with Crippen LogP contribution in [-0.2, 0) is 9.53 Å². The van der Waals surface area contributed by atoms with Crippen molar-refractivity contribution in [3.63, 3.8) is 0 Å². The van der Waals surface area contributed by atoms with Crippen molar-refractivity contribution in [3.8, 4) is 0 Å². The Hall–Kier alpha value is -0.910. The van der Waals surface area contributed by atoms with E-state index in [0.29, 0.717) is 6.42 Å². The maximum absolute atomic E-state index is 11.0. The van der Waals surface area contributed by atoms with Crippen LogP contribution in [0.5, 0.6) is 0 Å². The molecule has 0 saturated carbocycles. The van der Waals surface area contributed by atoms with E-state index in [-0.39, 0.29) is 0 Å². The normalized spacial score (nSPS) is 17.1. The minimum Gasteiger partial charge on any atom is -0.480 e. The number of aliphatic carboxylic acids is 1. The lowest BCUT2D eigenvalue weighted by molar-refractivity contribution is -0.191. The number of carbonyl (C=O) groups excluding carboxylic acids is 1.